The summed E-state index contributed by atoms with van der Waals surface area (Å²) in [7, 11) is 0. The van der Waals surface area contributed by atoms with Gasteiger partial charge < -0.3 is 13.5 Å². The van der Waals surface area contributed by atoms with E-state index < -0.39 is 5.41 Å². The maximum Gasteiger partial charge on any atom is 0.252 e. The fourth-order valence-electron chi connectivity index (χ4n) is 16.6. The van der Waals surface area contributed by atoms with Crippen LogP contribution in [0, 0.1) is 0 Å². The Morgan fingerprint density at radius 2 is 0.843 bits per heavy atom. The lowest BCUT2D eigenvalue weighted by Crippen LogP contribution is -2.60. The number of benzene rings is 9. The average Bonchev–Trinajstić information content (AvgIpc) is 1.55. The molecule has 0 fully saturated rings. The first-order chi connectivity index (χ1) is 39.0. The first-order valence-electron chi connectivity index (χ1n) is 30.9. The molecule has 4 aromatic heterocycles. The lowest BCUT2D eigenvalue weighted by atomic mass is 9.33. The zero-order valence-electron chi connectivity index (χ0n) is 52.1. The van der Waals surface area contributed by atoms with Crippen LogP contribution >= 0.6 is 0 Å². The third-order valence-electron chi connectivity index (χ3n) is 21.0. The molecule has 3 nitrogen and oxygen atoms in total. The van der Waals surface area contributed by atoms with Gasteiger partial charge in [0, 0.05) is 60.0 Å². The van der Waals surface area contributed by atoms with E-state index in [-0.39, 0.29) is 39.2 Å². The number of hydrogen-bond acceptors (Lipinski definition) is 0. The van der Waals surface area contributed by atoms with Crippen molar-refractivity contribution in [3.63, 3.8) is 0 Å². The number of para-hydroxylation sites is 1. The number of rotatable bonds is 0. The van der Waals surface area contributed by atoms with Crippen LogP contribution in [-0.2, 0) is 37.9 Å². The molecule has 0 unspecified atom stereocenters. The van der Waals surface area contributed by atoms with Crippen LogP contribution in [0.3, 0.4) is 0 Å². The monoisotopic (exact) mass is 1080 g/mol. The summed E-state index contributed by atoms with van der Waals surface area (Å²) in [5.41, 5.74) is 31.7. The van der Waals surface area contributed by atoms with E-state index in [0.29, 0.717) is 0 Å². The van der Waals surface area contributed by atoms with Gasteiger partial charge in [0.05, 0.1) is 38.5 Å². The van der Waals surface area contributed by atoms with Gasteiger partial charge in [-0.15, -0.1) is 0 Å². The minimum Gasteiger partial charge on any atom is -0.310 e. The number of fused-ring (bicyclic) bond motifs is 21. The molecule has 13 aromatic rings. The normalized spacial score (nSPS) is 15.4. The van der Waals surface area contributed by atoms with Crippen molar-refractivity contribution in [3.8, 4) is 22.5 Å². The van der Waals surface area contributed by atoms with Crippen LogP contribution < -0.4 is 16.4 Å². The van der Waals surface area contributed by atoms with Gasteiger partial charge in [0.25, 0.3) is 6.71 Å². The Bertz CT molecular complexity index is 5130. The van der Waals surface area contributed by atoms with Gasteiger partial charge in [-0.05, 0) is 158 Å². The Morgan fingerprint density at radius 1 is 0.325 bits per heavy atom. The Labute approximate surface area is 489 Å². The van der Waals surface area contributed by atoms with Gasteiger partial charge in [0.2, 0.25) is 0 Å². The highest BCUT2D eigenvalue weighted by atomic mass is 15.1. The van der Waals surface area contributed by atoms with E-state index in [1.54, 1.807) is 0 Å². The van der Waals surface area contributed by atoms with Crippen molar-refractivity contribution in [1.82, 2.24) is 13.5 Å². The maximum absolute atomic E-state index is 2.83. The first-order valence-corrected chi connectivity index (χ1v) is 30.9. The summed E-state index contributed by atoms with van der Waals surface area (Å²) in [4.78, 5) is 0. The molecule has 410 valence electrons. The van der Waals surface area contributed by atoms with Crippen LogP contribution in [0.4, 0.5) is 0 Å². The summed E-state index contributed by atoms with van der Waals surface area (Å²) < 4.78 is 8.26. The Morgan fingerprint density at radius 3 is 1.47 bits per heavy atom. The molecule has 0 radical (unpaired) electrons. The molecule has 0 atom stereocenters. The van der Waals surface area contributed by atoms with Gasteiger partial charge in [0.15, 0.2) is 0 Å². The minimum absolute atomic E-state index is 0.0113. The Hall–Kier alpha value is -7.56. The fourth-order valence-corrected chi connectivity index (χ4v) is 16.6. The van der Waals surface area contributed by atoms with E-state index in [9.17, 15) is 0 Å². The van der Waals surface area contributed by atoms with Crippen molar-refractivity contribution in [3.05, 3.63) is 189 Å². The van der Waals surface area contributed by atoms with Gasteiger partial charge in [-0.25, -0.2) is 0 Å². The van der Waals surface area contributed by atoms with Crippen molar-refractivity contribution >= 4 is 105 Å². The van der Waals surface area contributed by atoms with E-state index in [4.69, 9.17) is 0 Å². The molecule has 4 aliphatic rings. The predicted octanol–water partition coefficient (Wildman–Crippen LogP) is 18.6. The van der Waals surface area contributed by atoms with Crippen LogP contribution in [0.2, 0.25) is 0 Å². The molecule has 9 aromatic carbocycles. The quantitative estimate of drug-likeness (QED) is 0.134. The van der Waals surface area contributed by atoms with Gasteiger partial charge >= 0.3 is 0 Å². The third-order valence-corrected chi connectivity index (χ3v) is 21.0. The second kappa shape index (κ2) is 14.8. The highest BCUT2D eigenvalue weighted by Gasteiger charge is 2.55. The van der Waals surface area contributed by atoms with E-state index in [0.717, 1.165) is 0 Å². The van der Waals surface area contributed by atoms with Crippen molar-refractivity contribution in [2.24, 2.45) is 0 Å². The summed E-state index contributed by atoms with van der Waals surface area (Å²) in [6, 6.07) is 55.5. The number of hydrogen-bond donors (Lipinski definition) is 0. The van der Waals surface area contributed by atoms with E-state index >= 15 is 0 Å². The molecule has 4 heteroatoms. The van der Waals surface area contributed by atoms with Crippen LogP contribution in [-0.4, -0.2) is 20.2 Å². The molecule has 1 spiro atoms. The zero-order chi connectivity index (χ0) is 57.8. The van der Waals surface area contributed by atoms with E-state index in [2.05, 4.69) is 272 Å². The van der Waals surface area contributed by atoms with Gasteiger partial charge in [0.1, 0.15) is 0 Å². The van der Waals surface area contributed by atoms with Gasteiger partial charge in [-0.3, -0.25) is 0 Å². The van der Waals surface area contributed by atoms with E-state index in [1.807, 2.05) is 0 Å². The van der Waals surface area contributed by atoms with Crippen molar-refractivity contribution in [2.75, 3.05) is 0 Å². The summed E-state index contributed by atoms with van der Waals surface area (Å²) in [5.74, 6) is 0. The van der Waals surface area contributed by atoms with Crippen molar-refractivity contribution < 1.29 is 0 Å². The van der Waals surface area contributed by atoms with Crippen molar-refractivity contribution in [2.45, 2.75) is 163 Å². The third kappa shape index (κ3) is 5.99. The molecule has 0 bridgehead atoms. The molecule has 1 aliphatic carbocycles. The molecule has 7 heterocycles. The molecular formula is C79H76BN3. The second-order valence-corrected chi connectivity index (χ2v) is 32.2. The lowest BCUT2D eigenvalue weighted by Gasteiger charge is -2.45. The Kier molecular flexibility index (Phi) is 8.95. The topological polar surface area (TPSA) is 14.3 Å². The highest BCUT2D eigenvalue weighted by molar-refractivity contribution is 7.00. The summed E-state index contributed by atoms with van der Waals surface area (Å²) in [5, 5.41) is 10.8. The molecule has 0 N–H and O–H groups in total. The van der Waals surface area contributed by atoms with E-state index in [1.165, 1.54) is 176 Å². The summed E-state index contributed by atoms with van der Waals surface area (Å²) in [6.07, 6.45) is 0. The highest BCUT2D eigenvalue weighted by Crippen LogP contribution is 2.63. The molecular weight excluding hydrogens is 1000 g/mol. The van der Waals surface area contributed by atoms with Crippen LogP contribution in [0.1, 0.15) is 180 Å². The zero-order valence-corrected chi connectivity index (χ0v) is 52.1. The Balaban J connectivity index is 1.14. The average molecular weight is 1080 g/mol. The SMILES string of the molecule is CC(C)(C)c1ccc2c(c1)C1(c3cc(C(C)(C)C)ccc3-2)c2ccc3c4c2-n2c5c(cc(C(C)(C)C)cc5c5cc(C(C)(C)C)cc1c52)B4c1cc2c(c4cccc5c6ccc(C(C)(C)C)cc6n2c54)c2c4cc(C(C)(C)C)ccc4n-3c12. The smallest absolute Gasteiger partial charge is 0.252 e. The number of aromatic nitrogens is 3. The largest absolute Gasteiger partial charge is 0.310 e. The van der Waals surface area contributed by atoms with Crippen LogP contribution in [0.25, 0.3) is 104 Å². The second-order valence-electron chi connectivity index (χ2n) is 32.2. The maximum atomic E-state index is 2.83. The van der Waals surface area contributed by atoms with Gasteiger partial charge in [-0.1, -0.05) is 216 Å². The fraction of sp³-hybridized carbons (Fsp3) is 0.316. The van der Waals surface area contributed by atoms with Crippen LogP contribution in [0.5, 0.6) is 0 Å². The van der Waals surface area contributed by atoms with Crippen LogP contribution in [0.15, 0.2) is 133 Å². The standard InChI is InChI=1S/C79H76BN3/c1-73(2,3)41-25-30-61-54(32-41)66-65-51-21-19-20-50-49-28-24-44(76(10,11)12)39-63(49)82(68(50)51)64(65)40-60-72(66)81(61)62-31-29-55-71-67(62)80(60)59-38-46(78(16,17)18)34-53-52-33-45(77(13,14)15)37-58(69(52)83(71)70(53)59)79(55)56-35-42(74(4,5)6)22-26-47(56)48-27-23-43(36-57(48)79)75(7,8)9/h19-40H,1-18H3. The summed E-state index contributed by atoms with van der Waals surface area (Å²) >= 11 is 0. The molecule has 0 saturated heterocycles. The lowest BCUT2D eigenvalue weighted by molar-refractivity contribution is 0.583. The molecule has 0 saturated carbocycles. The van der Waals surface area contributed by atoms with Gasteiger partial charge in [-0.2, -0.15) is 0 Å². The minimum atomic E-state index is -0.633. The molecule has 0 amide bonds. The summed E-state index contributed by atoms with van der Waals surface area (Å²) in [6.45, 7) is 43.0. The number of nitrogens with zero attached hydrogens (tertiary/aromatic N) is 3. The molecule has 17 rings (SSSR count). The van der Waals surface area contributed by atoms with Crippen molar-refractivity contribution in [1.29, 1.82) is 0 Å². The molecule has 83 heavy (non-hydrogen) atoms. The molecule has 3 aliphatic heterocycles. The predicted molar refractivity (Wildman–Crippen MR) is 357 cm³/mol. The first kappa shape index (κ1) is 50.0.